The van der Waals surface area contributed by atoms with Crippen molar-refractivity contribution in [2.24, 2.45) is 10.9 Å². The van der Waals surface area contributed by atoms with Crippen LogP contribution >= 0.6 is 23.4 Å². The number of benzene rings is 2. The van der Waals surface area contributed by atoms with Gasteiger partial charge in [0.15, 0.2) is 16.7 Å². The highest BCUT2D eigenvalue weighted by molar-refractivity contribution is 8.18. The monoisotopic (exact) mass is 460 g/mol. The second-order valence-corrected chi connectivity index (χ2v) is 8.69. The fourth-order valence-electron chi connectivity index (χ4n) is 3.05. The van der Waals surface area contributed by atoms with Crippen molar-refractivity contribution < 1.29 is 19.0 Å². The Kier molecular flexibility index (Phi) is 7.51. The molecule has 0 atom stereocenters. The number of aliphatic imine (C=N–C) groups is 1. The maximum absolute atomic E-state index is 13.2. The second kappa shape index (κ2) is 10.1. The van der Waals surface area contributed by atoms with Crippen LogP contribution in [0.1, 0.15) is 19.4 Å². The molecule has 6 nitrogen and oxygen atoms in total. The first kappa shape index (κ1) is 23.0. The van der Waals surface area contributed by atoms with Crippen LogP contribution in [0, 0.1) is 5.92 Å². The summed E-state index contributed by atoms with van der Waals surface area (Å²) in [6.07, 6.45) is 1.80. The van der Waals surface area contributed by atoms with Gasteiger partial charge in [-0.1, -0.05) is 25.4 Å². The van der Waals surface area contributed by atoms with Gasteiger partial charge in [0, 0.05) is 23.2 Å². The van der Waals surface area contributed by atoms with Gasteiger partial charge in [0.05, 0.1) is 31.9 Å². The first-order valence-corrected chi connectivity index (χ1v) is 10.9. The summed E-state index contributed by atoms with van der Waals surface area (Å²) in [6.45, 7) is 4.70. The van der Waals surface area contributed by atoms with E-state index in [1.165, 1.54) is 11.8 Å². The molecule has 0 unspecified atom stereocenters. The Morgan fingerprint density at radius 2 is 1.65 bits per heavy atom. The minimum absolute atomic E-state index is 0.0942. The van der Waals surface area contributed by atoms with Crippen LogP contribution in [0.15, 0.2) is 46.3 Å². The number of thioether (sulfide) groups is 1. The van der Waals surface area contributed by atoms with Crippen LogP contribution < -0.4 is 14.2 Å². The molecule has 1 saturated heterocycles. The molecule has 0 N–H and O–H groups in total. The lowest BCUT2D eigenvalue weighted by Gasteiger charge is -2.17. The van der Waals surface area contributed by atoms with Crippen LogP contribution in [0.2, 0.25) is 5.02 Å². The topological polar surface area (TPSA) is 60.4 Å². The smallest absolute Gasteiger partial charge is 0.266 e. The van der Waals surface area contributed by atoms with Crippen LogP contribution in [0.25, 0.3) is 6.08 Å². The first-order chi connectivity index (χ1) is 14.9. The summed E-state index contributed by atoms with van der Waals surface area (Å²) < 4.78 is 16.2. The largest absolute Gasteiger partial charge is 0.496 e. The van der Waals surface area contributed by atoms with Gasteiger partial charge in [-0.3, -0.25) is 9.69 Å². The summed E-state index contributed by atoms with van der Waals surface area (Å²) in [7, 11) is 4.71. The van der Waals surface area contributed by atoms with E-state index in [9.17, 15) is 4.79 Å². The molecule has 0 bridgehead atoms. The fourth-order valence-corrected chi connectivity index (χ4v) is 4.18. The van der Waals surface area contributed by atoms with E-state index in [1.54, 1.807) is 56.6 Å². The predicted octanol–water partition coefficient (Wildman–Crippen LogP) is 5.63. The van der Waals surface area contributed by atoms with E-state index in [0.717, 1.165) is 5.69 Å². The number of ether oxygens (including phenoxy) is 3. The number of hydrogen-bond donors (Lipinski definition) is 0. The third kappa shape index (κ3) is 5.35. The number of halogens is 1. The predicted molar refractivity (Wildman–Crippen MR) is 127 cm³/mol. The lowest BCUT2D eigenvalue weighted by atomic mass is 10.1. The number of nitrogens with zero attached hydrogens (tertiary/aromatic N) is 2. The third-order valence-electron chi connectivity index (χ3n) is 4.51. The second-order valence-electron chi connectivity index (χ2n) is 7.24. The highest BCUT2D eigenvalue weighted by Crippen LogP contribution is 2.39. The van der Waals surface area contributed by atoms with Gasteiger partial charge in [0.25, 0.3) is 5.91 Å². The van der Waals surface area contributed by atoms with Gasteiger partial charge in [-0.05, 0) is 54.1 Å². The molecule has 1 aliphatic rings. The lowest BCUT2D eigenvalue weighted by molar-refractivity contribution is -0.122. The zero-order chi connectivity index (χ0) is 22.5. The highest BCUT2D eigenvalue weighted by Gasteiger charge is 2.34. The Morgan fingerprint density at radius 1 is 1.03 bits per heavy atom. The molecule has 0 aliphatic carbocycles. The van der Waals surface area contributed by atoms with Crippen LogP contribution in [-0.2, 0) is 4.79 Å². The number of methoxy groups -OCH3 is 3. The molecule has 1 fully saturated rings. The number of amides is 1. The summed E-state index contributed by atoms with van der Waals surface area (Å²) in [6, 6.07) is 10.7. The molecule has 164 valence electrons. The maximum atomic E-state index is 13.2. The maximum Gasteiger partial charge on any atom is 0.266 e. The first-order valence-electron chi connectivity index (χ1n) is 9.72. The van der Waals surface area contributed by atoms with Crippen LogP contribution in [-0.4, -0.2) is 43.8 Å². The number of carbonyl (C=O) groups is 1. The molecule has 3 rings (SSSR count). The molecule has 8 heteroatoms. The molecule has 1 heterocycles. The van der Waals surface area contributed by atoms with E-state index in [2.05, 4.69) is 18.8 Å². The van der Waals surface area contributed by atoms with E-state index >= 15 is 0 Å². The Morgan fingerprint density at radius 3 is 2.23 bits per heavy atom. The van der Waals surface area contributed by atoms with E-state index < -0.39 is 0 Å². The zero-order valence-electron chi connectivity index (χ0n) is 18.1. The quantitative estimate of drug-likeness (QED) is 0.501. The summed E-state index contributed by atoms with van der Waals surface area (Å²) in [5.41, 5.74) is 1.45. The van der Waals surface area contributed by atoms with Crippen LogP contribution in [0.3, 0.4) is 0 Å². The van der Waals surface area contributed by atoms with E-state index in [1.807, 2.05) is 12.1 Å². The number of hydrogen-bond acceptors (Lipinski definition) is 6. The molecular formula is C23H25ClN2O4S. The Labute approximate surface area is 191 Å². The number of carbonyl (C=O) groups excluding carboxylic acids is 1. The molecule has 2 aromatic rings. The van der Waals surface area contributed by atoms with Crippen molar-refractivity contribution >= 4 is 46.2 Å². The van der Waals surface area contributed by atoms with Crippen LogP contribution in [0.5, 0.6) is 17.2 Å². The van der Waals surface area contributed by atoms with Crippen molar-refractivity contribution in [3.8, 4) is 17.2 Å². The summed E-state index contributed by atoms with van der Waals surface area (Å²) in [5, 5.41) is 1.27. The number of amidine groups is 1. The van der Waals surface area contributed by atoms with Gasteiger partial charge in [0.1, 0.15) is 5.75 Å². The summed E-state index contributed by atoms with van der Waals surface area (Å²) in [4.78, 5) is 20.2. The number of rotatable bonds is 7. The molecule has 0 spiro atoms. The molecule has 1 aliphatic heterocycles. The minimum Gasteiger partial charge on any atom is -0.496 e. The molecule has 1 amide bonds. The average Bonchev–Trinajstić information content (AvgIpc) is 3.03. The minimum atomic E-state index is -0.0942. The third-order valence-corrected chi connectivity index (χ3v) is 5.77. The lowest BCUT2D eigenvalue weighted by Crippen LogP contribution is -2.32. The SMILES string of the molecule is COc1cc(OC)c(OC)cc1/C=C1\SC(=Nc2ccc(Cl)cc2)N(CC(C)C)C1=O. The zero-order valence-corrected chi connectivity index (χ0v) is 19.7. The van der Waals surface area contributed by atoms with Crippen molar-refractivity contribution in [3.05, 3.63) is 51.9 Å². The van der Waals surface area contributed by atoms with Crippen molar-refractivity contribution in [1.82, 2.24) is 4.90 Å². The Hall–Kier alpha value is -2.64. The van der Waals surface area contributed by atoms with Crippen molar-refractivity contribution in [2.45, 2.75) is 13.8 Å². The van der Waals surface area contributed by atoms with Gasteiger partial charge in [-0.25, -0.2) is 4.99 Å². The van der Waals surface area contributed by atoms with Crippen molar-refractivity contribution in [1.29, 1.82) is 0 Å². The fraction of sp³-hybridized carbons (Fsp3) is 0.304. The molecule has 2 aromatic carbocycles. The standard InChI is InChI=1S/C23H25ClN2O4S/c1-14(2)13-26-22(27)21(31-23(26)25-17-8-6-16(24)7-9-17)11-15-10-19(29-4)20(30-5)12-18(15)28-3/h6-12,14H,13H2,1-5H3/b21-11-,25-23?. The van der Waals surface area contributed by atoms with Crippen molar-refractivity contribution in [3.63, 3.8) is 0 Å². The van der Waals surface area contributed by atoms with Gasteiger partial charge in [0.2, 0.25) is 0 Å². The van der Waals surface area contributed by atoms with Crippen molar-refractivity contribution in [2.75, 3.05) is 27.9 Å². The van der Waals surface area contributed by atoms with Crippen LogP contribution in [0.4, 0.5) is 5.69 Å². The van der Waals surface area contributed by atoms with Gasteiger partial charge < -0.3 is 14.2 Å². The van der Waals surface area contributed by atoms with E-state index in [4.69, 9.17) is 25.8 Å². The average molecular weight is 461 g/mol. The van der Waals surface area contributed by atoms with E-state index in [-0.39, 0.29) is 11.8 Å². The summed E-state index contributed by atoms with van der Waals surface area (Å²) >= 11 is 7.31. The highest BCUT2D eigenvalue weighted by atomic mass is 35.5. The van der Waals surface area contributed by atoms with Gasteiger partial charge in [-0.15, -0.1) is 0 Å². The molecule has 31 heavy (non-hydrogen) atoms. The van der Waals surface area contributed by atoms with Gasteiger partial charge >= 0.3 is 0 Å². The molecular weight excluding hydrogens is 436 g/mol. The van der Waals surface area contributed by atoms with Gasteiger partial charge in [-0.2, -0.15) is 0 Å². The Bertz CT molecular complexity index is 1020. The Balaban J connectivity index is 2.03. The molecule has 0 radical (unpaired) electrons. The molecule has 0 saturated carbocycles. The van der Waals surface area contributed by atoms with E-state index in [0.29, 0.717) is 44.5 Å². The summed E-state index contributed by atoms with van der Waals surface area (Å²) in [5.74, 6) is 1.88. The normalized spacial score (nSPS) is 16.5. The molecule has 0 aromatic heterocycles.